The van der Waals surface area contributed by atoms with E-state index in [4.69, 9.17) is 0 Å². The first kappa shape index (κ1) is 22.3. The molecule has 0 saturated carbocycles. The Morgan fingerprint density at radius 2 is 0.500 bits per heavy atom. The van der Waals surface area contributed by atoms with Crippen LogP contribution in [-0.4, -0.2) is 0 Å². The van der Waals surface area contributed by atoms with Crippen molar-refractivity contribution in [2.24, 2.45) is 35.5 Å². The first-order valence-electron chi connectivity index (χ1n) is 9.04. The quantitative estimate of drug-likeness (QED) is 0.434. The zero-order valence-corrected chi connectivity index (χ0v) is 16.3. The molecule has 0 bridgehead atoms. The van der Waals surface area contributed by atoms with E-state index in [-0.39, 0.29) is 0 Å². The van der Waals surface area contributed by atoms with E-state index in [1.54, 1.807) is 0 Å². The summed E-state index contributed by atoms with van der Waals surface area (Å²) in [4.78, 5) is 0. The minimum absolute atomic E-state index is 0.869. The second-order valence-corrected chi connectivity index (χ2v) is 8.73. The average molecular weight is 285 g/mol. The molecule has 0 unspecified atom stereocenters. The van der Waals surface area contributed by atoms with Gasteiger partial charge < -0.3 is 0 Å². The highest BCUT2D eigenvalue weighted by atomic mass is 14.1. The minimum Gasteiger partial charge on any atom is -0.0628 e. The molecule has 0 saturated heterocycles. The fourth-order valence-corrected chi connectivity index (χ4v) is 3.41. The smallest absolute Gasteiger partial charge is 0.0438 e. The summed E-state index contributed by atoms with van der Waals surface area (Å²) < 4.78 is 0. The van der Waals surface area contributed by atoms with E-state index in [1.165, 1.54) is 25.7 Å². The van der Waals surface area contributed by atoms with Gasteiger partial charge in [-0.25, -0.2) is 0 Å². The Morgan fingerprint density at radius 3 is 0.600 bits per heavy atom. The number of hydrogen-bond acceptors (Lipinski definition) is 0. The number of hydrogen-bond donors (Lipinski definition) is 0. The molecular formula is C20H44. The molecule has 0 aliphatic rings. The van der Waals surface area contributed by atoms with Crippen molar-refractivity contribution < 1.29 is 0 Å². The van der Waals surface area contributed by atoms with Crippen LogP contribution in [0.4, 0.5) is 0 Å². The molecule has 0 heterocycles. The van der Waals surface area contributed by atoms with Gasteiger partial charge in [0, 0.05) is 0 Å². The zero-order valence-electron chi connectivity index (χ0n) is 16.3. The zero-order chi connectivity index (χ0) is 16.3. The van der Waals surface area contributed by atoms with Crippen LogP contribution in [0.25, 0.3) is 0 Å². The predicted octanol–water partition coefficient (Wildman–Crippen LogP) is 7.43. The van der Waals surface area contributed by atoms with Gasteiger partial charge in [0.2, 0.25) is 0 Å². The first-order chi connectivity index (χ1) is 9.04. The Morgan fingerprint density at radius 1 is 0.350 bits per heavy atom. The van der Waals surface area contributed by atoms with Crippen molar-refractivity contribution in [1.29, 1.82) is 0 Å². The van der Waals surface area contributed by atoms with Crippen LogP contribution in [0.3, 0.4) is 0 Å². The molecule has 0 aromatic carbocycles. The highest BCUT2D eigenvalue weighted by molar-refractivity contribution is 4.58. The Labute approximate surface area is 131 Å². The third kappa shape index (κ3) is 20.3. The van der Waals surface area contributed by atoms with E-state index in [1.807, 2.05) is 0 Å². The summed E-state index contributed by atoms with van der Waals surface area (Å²) in [5, 5.41) is 0. The van der Waals surface area contributed by atoms with Gasteiger partial charge in [0.15, 0.2) is 0 Å². The van der Waals surface area contributed by atoms with Gasteiger partial charge in [-0.3, -0.25) is 0 Å². The fourth-order valence-electron chi connectivity index (χ4n) is 3.41. The van der Waals surface area contributed by atoms with Crippen LogP contribution in [0, 0.1) is 35.5 Å². The van der Waals surface area contributed by atoms with Crippen molar-refractivity contribution in [3.8, 4) is 0 Å². The second kappa shape index (κ2) is 12.7. The first-order valence-corrected chi connectivity index (χ1v) is 9.04. The van der Waals surface area contributed by atoms with Crippen molar-refractivity contribution in [1.82, 2.24) is 0 Å². The maximum absolute atomic E-state index is 2.36. The van der Waals surface area contributed by atoms with Crippen LogP contribution >= 0.6 is 0 Å². The van der Waals surface area contributed by atoms with E-state index in [0.29, 0.717) is 0 Å². The molecule has 0 spiro atoms. The molecule has 124 valence electrons. The molecule has 0 aromatic heterocycles. The number of rotatable bonds is 8. The van der Waals surface area contributed by atoms with E-state index in [0.717, 1.165) is 35.5 Å². The largest absolute Gasteiger partial charge is 0.0628 e. The molecule has 0 heteroatoms. The molecule has 0 aliphatic carbocycles. The topological polar surface area (TPSA) is 0 Å². The lowest BCUT2D eigenvalue weighted by Crippen LogP contribution is -2.03. The van der Waals surface area contributed by atoms with E-state index >= 15 is 0 Å². The van der Waals surface area contributed by atoms with Crippen molar-refractivity contribution in [3.05, 3.63) is 0 Å². The Bertz CT molecular complexity index is 146. The standard InChI is InChI=1S/2C10H22/c2*1-8(2)6-10(5)7-9(3)4/h2*8-10H,6-7H2,1-5H3. The van der Waals surface area contributed by atoms with Gasteiger partial charge >= 0.3 is 0 Å². The van der Waals surface area contributed by atoms with Gasteiger partial charge in [-0.05, 0) is 61.2 Å². The van der Waals surface area contributed by atoms with Gasteiger partial charge in [0.05, 0.1) is 0 Å². The van der Waals surface area contributed by atoms with Crippen molar-refractivity contribution in [2.75, 3.05) is 0 Å². The Hall–Kier alpha value is 0. The van der Waals surface area contributed by atoms with Gasteiger partial charge in [0.25, 0.3) is 0 Å². The Balaban J connectivity index is 0. The normalized spacial score (nSPS) is 12.0. The molecule has 0 radical (unpaired) electrons. The molecule has 0 aliphatic heterocycles. The SMILES string of the molecule is CC(C)CC(C)CC(C)C.CC(C)CC(C)CC(C)C. The molecule has 0 rings (SSSR count). The molecule has 0 amide bonds. The van der Waals surface area contributed by atoms with Crippen molar-refractivity contribution in [3.63, 3.8) is 0 Å². The highest BCUT2D eigenvalue weighted by Crippen LogP contribution is 2.19. The summed E-state index contributed by atoms with van der Waals surface area (Å²) in [6.07, 6.45) is 5.55. The summed E-state index contributed by atoms with van der Waals surface area (Å²) in [5.41, 5.74) is 0. The third-order valence-corrected chi connectivity index (χ3v) is 3.50. The Kier molecular flexibility index (Phi) is 14.2. The monoisotopic (exact) mass is 284 g/mol. The van der Waals surface area contributed by atoms with Gasteiger partial charge in [-0.15, -0.1) is 0 Å². The molecule has 0 nitrogen and oxygen atoms in total. The summed E-state index contributed by atoms with van der Waals surface area (Å²) in [5.74, 6) is 5.31. The minimum atomic E-state index is 0.869. The molecule has 0 atom stereocenters. The summed E-state index contributed by atoms with van der Waals surface area (Å²) in [7, 11) is 0. The fraction of sp³-hybridized carbons (Fsp3) is 1.00. The second-order valence-electron chi connectivity index (χ2n) is 8.73. The van der Waals surface area contributed by atoms with Crippen LogP contribution in [-0.2, 0) is 0 Å². The lowest BCUT2D eigenvalue weighted by Gasteiger charge is -2.15. The van der Waals surface area contributed by atoms with Gasteiger partial charge in [-0.2, -0.15) is 0 Å². The van der Waals surface area contributed by atoms with Crippen molar-refractivity contribution in [2.45, 2.75) is 94.9 Å². The summed E-state index contributed by atoms with van der Waals surface area (Å²) >= 11 is 0. The van der Waals surface area contributed by atoms with E-state index in [9.17, 15) is 0 Å². The average Bonchev–Trinajstić information content (AvgIpc) is 2.11. The lowest BCUT2D eigenvalue weighted by molar-refractivity contribution is 0.368. The molecular weight excluding hydrogens is 240 g/mol. The third-order valence-electron chi connectivity index (χ3n) is 3.50. The van der Waals surface area contributed by atoms with Crippen molar-refractivity contribution >= 4 is 0 Å². The molecule has 20 heavy (non-hydrogen) atoms. The van der Waals surface area contributed by atoms with Gasteiger partial charge in [-0.1, -0.05) is 69.2 Å². The van der Waals surface area contributed by atoms with Crippen LogP contribution in [0.5, 0.6) is 0 Å². The van der Waals surface area contributed by atoms with Gasteiger partial charge in [0.1, 0.15) is 0 Å². The predicted molar refractivity (Wildman–Crippen MR) is 96.1 cm³/mol. The molecule has 0 aromatic rings. The highest BCUT2D eigenvalue weighted by Gasteiger charge is 2.07. The maximum Gasteiger partial charge on any atom is -0.0438 e. The lowest BCUT2D eigenvalue weighted by atomic mass is 9.91. The van der Waals surface area contributed by atoms with Crippen LogP contribution in [0.15, 0.2) is 0 Å². The maximum atomic E-state index is 2.36. The molecule has 0 fully saturated rings. The van der Waals surface area contributed by atoms with Crippen LogP contribution in [0.1, 0.15) is 94.9 Å². The molecule has 0 N–H and O–H groups in total. The van der Waals surface area contributed by atoms with E-state index < -0.39 is 0 Å². The summed E-state index contributed by atoms with van der Waals surface area (Å²) in [6.45, 7) is 23.1. The van der Waals surface area contributed by atoms with E-state index in [2.05, 4.69) is 69.2 Å². The summed E-state index contributed by atoms with van der Waals surface area (Å²) in [6, 6.07) is 0. The van der Waals surface area contributed by atoms with Crippen LogP contribution < -0.4 is 0 Å². The van der Waals surface area contributed by atoms with Crippen LogP contribution in [0.2, 0.25) is 0 Å².